The second kappa shape index (κ2) is 8.75. The van der Waals surface area contributed by atoms with Crippen molar-refractivity contribution in [3.8, 4) is 5.75 Å². The number of amides is 1. The molecule has 2 heterocycles. The Bertz CT molecular complexity index is 1140. The van der Waals surface area contributed by atoms with Gasteiger partial charge in [-0.25, -0.2) is 0 Å². The third kappa shape index (κ3) is 4.52. The molecular formula is C21H22ClN7O2. The Morgan fingerprint density at radius 2 is 1.97 bits per heavy atom. The monoisotopic (exact) mass is 439 g/mol. The lowest BCUT2D eigenvalue weighted by atomic mass is 9.99. The summed E-state index contributed by atoms with van der Waals surface area (Å²) in [6.45, 7) is 1.85. The molecule has 10 heteroatoms. The fraction of sp³-hybridized carbons (Fsp3) is 0.238. The topological polar surface area (TPSA) is 118 Å². The number of anilines is 4. The fourth-order valence-corrected chi connectivity index (χ4v) is 3.62. The molecule has 0 aliphatic carbocycles. The van der Waals surface area contributed by atoms with E-state index in [1.807, 2.05) is 12.1 Å². The number of carbonyl (C=O) groups excluding carboxylic acids is 1. The second-order valence-electron chi connectivity index (χ2n) is 7.24. The van der Waals surface area contributed by atoms with Crippen LogP contribution in [0.3, 0.4) is 0 Å². The second-order valence-corrected chi connectivity index (χ2v) is 7.64. The molecule has 1 aliphatic rings. The molecule has 160 valence electrons. The van der Waals surface area contributed by atoms with Crippen LogP contribution in [-0.4, -0.2) is 46.7 Å². The molecule has 0 radical (unpaired) electrons. The van der Waals surface area contributed by atoms with E-state index in [4.69, 9.17) is 22.1 Å². The lowest BCUT2D eigenvalue weighted by Crippen LogP contribution is -2.26. The maximum absolute atomic E-state index is 11.8. The van der Waals surface area contributed by atoms with Gasteiger partial charge in [0.2, 0.25) is 5.95 Å². The Balaban J connectivity index is 1.68. The summed E-state index contributed by atoms with van der Waals surface area (Å²) in [6.07, 6.45) is 0.934. The molecule has 0 saturated heterocycles. The molecule has 4 rings (SSSR count). The average Bonchev–Trinajstić information content (AvgIpc) is 2.75. The maximum Gasteiger partial charge on any atom is 0.273 e. The number of nitrogens with zero attached hydrogens (tertiary/aromatic N) is 4. The quantitative estimate of drug-likeness (QED) is 0.536. The van der Waals surface area contributed by atoms with Gasteiger partial charge in [0, 0.05) is 13.1 Å². The number of benzene rings is 2. The molecule has 3 aromatic rings. The number of likely N-dealkylation sites (N-methyl/N-ethyl adjacent to an activating group) is 1. The van der Waals surface area contributed by atoms with E-state index < -0.39 is 5.91 Å². The van der Waals surface area contributed by atoms with Gasteiger partial charge in [-0.2, -0.15) is 4.98 Å². The van der Waals surface area contributed by atoms with Crippen molar-refractivity contribution in [1.82, 2.24) is 20.1 Å². The van der Waals surface area contributed by atoms with Crippen molar-refractivity contribution in [2.45, 2.75) is 13.0 Å². The van der Waals surface area contributed by atoms with Gasteiger partial charge in [0.1, 0.15) is 5.75 Å². The highest BCUT2D eigenvalue weighted by atomic mass is 35.5. The first kappa shape index (κ1) is 20.8. The van der Waals surface area contributed by atoms with E-state index in [-0.39, 0.29) is 17.5 Å². The number of methoxy groups -OCH3 is 1. The molecule has 1 aromatic heterocycles. The molecule has 1 amide bonds. The van der Waals surface area contributed by atoms with Crippen LogP contribution in [0.1, 0.15) is 21.6 Å². The molecule has 0 atom stereocenters. The number of nitrogens with two attached hydrogens (primary N) is 1. The van der Waals surface area contributed by atoms with Crippen molar-refractivity contribution in [3.63, 3.8) is 0 Å². The number of hydrogen-bond acceptors (Lipinski definition) is 8. The van der Waals surface area contributed by atoms with Crippen LogP contribution >= 0.6 is 11.6 Å². The Hall–Kier alpha value is -3.43. The summed E-state index contributed by atoms with van der Waals surface area (Å²) in [5, 5.41) is 14.6. The zero-order chi connectivity index (χ0) is 22.0. The van der Waals surface area contributed by atoms with Gasteiger partial charge < -0.3 is 26.0 Å². The molecule has 0 unspecified atom stereocenters. The first-order valence-electron chi connectivity index (χ1n) is 9.66. The summed E-state index contributed by atoms with van der Waals surface area (Å²) >= 11 is 6.21. The third-order valence-corrected chi connectivity index (χ3v) is 5.35. The van der Waals surface area contributed by atoms with Crippen LogP contribution in [0, 0.1) is 0 Å². The van der Waals surface area contributed by atoms with Crippen LogP contribution in [0.2, 0.25) is 5.02 Å². The van der Waals surface area contributed by atoms with Crippen LogP contribution in [-0.2, 0) is 13.0 Å². The van der Waals surface area contributed by atoms with Crippen LogP contribution in [0.4, 0.5) is 23.1 Å². The average molecular weight is 440 g/mol. The van der Waals surface area contributed by atoms with Crippen LogP contribution in [0.25, 0.3) is 0 Å². The van der Waals surface area contributed by atoms with Gasteiger partial charge in [0.15, 0.2) is 11.5 Å². The molecular weight excluding hydrogens is 418 g/mol. The number of rotatable bonds is 6. The van der Waals surface area contributed by atoms with Crippen LogP contribution in [0.15, 0.2) is 36.4 Å². The predicted octanol–water partition coefficient (Wildman–Crippen LogP) is 3.11. The van der Waals surface area contributed by atoms with Crippen molar-refractivity contribution in [1.29, 1.82) is 0 Å². The molecule has 0 fully saturated rings. The number of nitrogens with one attached hydrogen (secondary N) is 2. The Kier molecular flexibility index (Phi) is 5.88. The molecule has 0 spiro atoms. The van der Waals surface area contributed by atoms with Gasteiger partial charge in [-0.05, 0) is 48.9 Å². The fourth-order valence-electron chi connectivity index (χ4n) is 3.44. The minimum atomic E-state index is -0.753. The van der Waals surface area contributed by atoms with Crippen molar-refractivity contribution < 1.29 is 9.53 Å². The lowest BCUT2D eigenvalue weighted by molar-refractivity contribution is 0.0995. The number of fused-ring (bicyclic) bond motifs is 1. The number of ether oxygens (including phenoxy) is 1. The van der Waals surface area contributed by atoms with Crippen molar-refractivity contribution >= 4 is 40.6 Å². The summed E-state index contributed by atoms with van der Waals surface area (Å²) in [4.78, 5) is 18.5. The van der Waals surface area contributed by atoms with E-state index in [2.05, 4.69) is 37.8 Å². The number of primary amides is 1. The van der Waals surface area contributed by atoms with E-state index in [0.717, 1.165) is 19.5 Å². The summed E-state index contributed by atoms with van der Waals surface area (Å²) < 4.78 is 5.56. The molecule has 9 nitrogen and oxygen atoms in total. The van der Waals surface area contributed by atoms with Crippen molar-refractivity contribution in [3.05, 3.63) is 58.2 Å². The van der Waals surface area contributed by atoms with Gasteiger partial charge in [0.25, 0.3) is 5.91 Å². The number of carbonyl (C=O) groups is 1. The predicted molar refractivity (Wildman–Crippen MR) is 119 cm³/mol. The van der Waals surface area contributed by atoms with Crippen molar-refractivity contribution in [2.24, 2.45) is 5.73 Å². The first-order valence-corrected chi connectivity index (χ1v) is 10.0. The van der Waals surface area contributed by atoms with Gasteiger partial charge in [0.05, 0.1) is 23.5 Å². The highest BCUT2D eigenvalue weighted by Gasteiger charge is 2.19. The molecule has 0 bridgehead atoms. The number of halogens is 1. The highest BCUT2D eigenvalue weighted by Crippen LogP contribution is 2.33. The lowest BCUT2D eigenvalue weighted by Gasteiger charge is -2.26. The smallest absolute Gasteiger partial charge is 0.273 e. The van der Waals surface area contributed by atoms with Gasteiger partial charge in [-0.15, -0.1) is 10.2 Å². The highest BCUT2D eigenvalue weighted by molar-refractivity contribution is 6.33. The summed E-state index contributed by atoms with van der Waals surface area (Å²) in [5.41, 5.74) is 9.08. The summed E-state index contributed by atoms with van der Waals surface area (Å²) in [6, 6.07) is 11.1. The summed E-state index contributed by atoms with van der Waals surface area (Å²) in [7, 11) is 3.70. The maximum atomic E-state index is 11.8. The number of para-hydroxylation sites is 1. The largest absolute Gasteiger partial charge is 0.495 e. The molecule has 0 saturated carbocycles. The van der Waals surface area contributed by atoms with E-state index >= 15 is 0 Å². The molecule has 4 N–H and O–H groups in total. The molecule has 31 heavy (non-hydrogen) atoms. The Labute approximate surface area is 184 Å². The Morgan fingerprint density at radius 1 is 1.16 bits per heavy atom. The van der Waals surface area contributed by atoms with Gasteiger partial charge >= 0.3 is 0 Å². The van der Waals surface area contributed by atoms with E-state index in [0.29, 0.717) is 22.1 Å². The minimum absolute atomic E-state index is 0.0917. The molecule has 1 aliphatic heterocycles. The third-order valence-electron chi connectivity index (χ3n) is 5.02. The van der Waals surface area contributed by atoms with Crippen molar-refractivity contribution in [2.75, 3.05) is 31.3 Å². The van der Waals surface area contributed by atoms with Crippen LogP contribution in [0.5, 0.6) is 5.75 Å². The van der Waals surface area contributed by atoms with E-state index in [9.17, 15) is 4.79 Å². The standard InChI is InChI=1S/C21H22ClN7O2/c1-29-8-7-12-9-16(17(31-2)10-13(12)11-29)25-21-26-20(18(19(23)30)27-28-21)24-15-6-4-3-5-14(15)22/h3-6,9-10H,7-8,11H2,1-2H3,(H2,23,30)(H2,24,25,26,28). The molecule has 2 aromatic carbocycles. The summed E-state index contributed by atoms with van der Waals surface area (Å²) in [5.74, 6) is 0.246. The van der Waals surface area contributed by atoms with E-state index in [1.54, 1.807) is 31.4 Å². The Morgan fingerprint density at radius 3 is 2.71 bits per heavy atom. The zero-order valence-corrected chi connectivity index (χ0v) is 17.9. The first-order chi connectivity index (χ1) is 14.9. The van der Waals surface area contributed by atoms with Gasteiger partial charge in [-0.3, -0.25) is 4.79 Å². The normalized spacial score (nSPS) is 13.4. The van der Waals surface area contributed by atoms with Gasteiger partial charge in [-0.1, -0.05) is 23.7 Å². The minimum Gasteiger partial charge on any atom is -0.495 e. The van der Waals surface area contributed by atoms with E-state index in [1.165, 1.54) is 11.1 Å². The zero-order valence-electron chi connectivity index (χ0n) is 17.1. The number of hydrogen-bond donors (Lipinski definition) is 3. The number of aromatic nitrogens is 3. The SMILES string of the molecule is COc1cc2c(cc1Nc1nnc(C(N)=O)c(Nc3ccccc3Cl)n1)CCN(C)C2. The van der Waals surface area contributed by atoms with Crippen LogP contribution < -0.4 is 21.1 Å².